The van der Waals surface area contributed by atoms with Gasteiger partial charge < -0.3 is 15.5 Å². The van der Waals surface area contributed by atoms with Crippen molar-refractivity contribution in [1.29, 1.82) is 0 Å². The molecular formula is C19H17N3O2. The Morgan fingerprint density at radius 1 is 1.04 bits per heavy atom. The van der Waals surface area contributed by atoms with E-state index in [2.05, 4.69) is 16.6 Å². The second kappa shape index (κ2) is 6.88. The largest absolute Gasteiger partial charge is 0.341 e. The number of rotatable bonds is 3. The molecule has 5 heteroatoms. The maximum absolute atomic E-state index is 12.4. The highest BCUT2D eigenvalue weighted by Gasteiger charge is 2.22. The van der Waals surface area contributed by atoms with Crippen molar-refractivity contribution in [2.45, 2.75) is 13.1 Å². The number of carbonyl (C=O) groups is 2. The van der Waals surface area contributed by atoms with Gasteiger partial charge in [0.1, 0.15) is 0 Å². The van der Waals surface area contributed by atoms with Crippen LogP contribution in [0.5, 0.6) is 0 Å². The fraction of sp³-hybridized carbons (Fsp3) is 0.158. The first-order chi connectivity index (χ1) is 11.7. The Hall–Kier alpha value is -3.26. The van der Waals surface area contributed by atoms with Gasteiger partial charge in [-0.3, -0.25) is 4.79 Å². The van der Waals surface area contributed by atoms with Gasteiger partial charge in [0, 0.05) is 24.3 Å². The topological polar surface area (TPSA) is 61.4 Å². The van der Waals surface area contributed by atoms with Gasteiger partial charge in [-0.1, -0.05) is 30.2 Å². The molecule has 24 heavy (non-hydrogen) atoms. The van der Waals surface area contributed by atoms with Crippen LogP contribution in [0.4, 0.5) is 10.5 Å². The van der Waals surface area contributed by atoms with E-state index in [0.717, 1.165) is 0 Å². The molecule has 0 unspecified atom stereocenters. The Balaban J connectivity index is 1.60. The van der Waals surface area contributed by atoms with Gasteiger partial charge in [0.25, 0.3) is 5.91 Å². The number of hydrogen-bond acceptors (Lipinski definition) is 2. The first-order valence-corrected chi connectivity index (χ1v) is 7.62. The zero-order valence-corrected chi connectivity index (χ0v) is 13.1. The Labute approximate surface area is 140 Å². The average Bonchev–Trinajstić information content (AvgIpc) is 3.04. The Morgan fingerprint density at radius 2 is 1.67 bits per heavy atom. The minimum atomic E-state index is -0.235. The fourth-order valence-corrected chi connectivity index (χ4v) is 2.62. The van der Waals surface area contributed by atoms with E-state index in [1.54, 1.807) is 29.2 Å². The van der Waals surface area contributed by atoms with E-state index in [1.165, 1.54) is 11.1 Å². The van der Waals surface area contributed by atoms with Gasteiger partial charge in [0.15, 0.2) is 0 Å². The molecule has 120 valence electrons. The zero-order valence-electron chi connectivity index (χ0n) is 13.1. The van der Waals surface area contributed by atoms with Crippen LogP contribution in [0.2, 0.25) is 0 Å². The molecule has 3 amide bonds. The van der Waals surface area contributed by atoms with Crippen molar-refractivity contribution in [1.82, 2.24) is 10.2 Å². The first-order valence-electron chi connectivity index (χ1n) is 7.62. The van der Waals surface area contributed by atoms with E-state index in [1.807, 2.05) is 24.3 Å². The molecule has 3 rings (SSSR count). The highest BCUT2D eigenvalue weighted by atomic mass is 16.2. The molecule has 0 aliphatic carbocycles. The summed E-state index contributed by atoms with van der Waals surface area (Å²) in [6.45, 7) is 1.40. The van der Waals surface area contributed by atoms with Crippen molar-refractivity contribution in [3.05, 3.63) is 65.2 Å². The summed E-state index contributed by atoms with van der Waals surface area (Å²) in [5.74, 6) is 2.11. The summed E-state index contributed by atoms with van der Waals surface area (Å²) in [5.41, 5.74) is 3.49. The lowest BCUT2D eigenvalue weighted by molar-refractivity contribution is 0.0958. The van der Waals surface area contributed by atoms with Crippen LogP contribution < -0.4 is 10.6 Å². The number of carbonyl (C=O) groups excluding carboxylic acids is 2. The normalized spacial score (nSPS) is 12.2. The number of nitrogens with zero attached hydrogens (tertiary/aromatic N) is 1. The first kappa shape index (κ1) is 15.6. The predicted molar refractivity (Wildman–Crippen MR) is 92.3 cm³/mol. The van der Waals surface area contributed by atoms with Gasteiger partial charge in [0.2, 0.25) is 0 Å². The number of amides is 3. The van der Waals surface area contributed by atoms with E-state index in [0.29, 0.717) is 24.3 Å². The Kier molecular flexibility index (Phi) is 4.48. The van der Waals surface area contributed by atoms with Crippen LogP contribution in [-0.2, 0) is 13.1 Å². The lowest BCUT2D eigenvalue weighted by Gasteiger charge is -2.16. The predicted octanol–water partition coefficient (Wildman–Crippen LogP) is 2.60. The van der Waals surface area contributed by atoms with Gasteiger partial charge in [-0.2, -0.15) is 0 Å². The Bertz CT molecular complexity index is 781. The minimum absolute atomic E-state index is 0.157. The smallest absolute Gasteiger partial charge is 0.322 e. The lowest BCUT2D eigenvalue weighted by atomic mass is 10.1. The molecule has 0 atom stereocenters. The summed E-state index contributed by atoms with van der Waals surface area (Å²) < 4.78 is 0. The molecule has 5 nitrogen and oxygen atoms in total. The third-order valence-corrected chi connectivity index (χ3v) is 3.88. The molecule has 2 aromatic rings. The third-order valence-electron chi connectivity index (χ3n) is 3.88. The van der Waals surface area contributed by atoms with E-state index < -0.39 is 0 Å². The SMILES string of the molecule is C#CCNC(=O)c1ccc(NC(=O)N2Cc3ccccc3C2)cc1. The summed E-state index contributed by atoms with van der Waals surface area (Å²) in [5, 5.41) is 5.44. The van der Waals surface area contributed by atoms with Gasteiger partial charge in [-0.05, 0) is 35.4 Å². The zero-order chi connectivity index (χ0) is 16.9. The molecule has 2 aromatic carbocycles. The van der Waals surface area contributed by atoms with Crippen molar-refractivity contribution >= 4 is 17.6 Å². The molecule has 1 aliphatic rings. The summed E-state index contributed by atoms with van der Waals surface area (Å²) in [6.07, 6.45) is 5.11. The number of urea groups is 1. The van der Waals surface area contributed by atoms with Gasteiger partial charge in [0.05, 0.1) is 6.54 Å². The van der Waals surface area contributed by atoms with Gasteiger partial charge in [-0.15, -0.1) is 6.42 Å². The van der Waals surface area contributed by atoms with Crippen LogP contribution in [0, 0.1) is 12.3 Å². The highest BCUT2D eigenvalue weighted by molar-refractivity contribution is 5.95. The van der Waals surface area contributed by atoms with Crippen molar-refractivity contribution in [3.63, 3.8) is 0 Å². The number of hydrogen-bond donors (Lipinski definition) is 2. The number of benzene rings is 2. The van der Waals surface area contributed by atoms with E-state index >= 15 is 0 Å². The van der Waals surface area contributed by atoms with Crippen LogP contribution in [0.25, 0.3) is 0 Å². The van der Waals surface area contributed by atoms with E-state index in [-0.39, 0.29) is 18.5 Å². The van der Waals surface area contributed by atoms with Gasteiger partial charge in [-0.25, -0.2) is 4.79 Å². The van der Waals surface area contributed by atoms with Crippen molar-refractivity contribution in [3.8, 4) is 12.3 Å². The standard InChI is InChI=1S/C19H17N3O2/c1-2-11-20-18(23)14-7-9-17(10-8-14)21-19(24)22-12-15-5-3-4-6-16(15)13-22/h1,3-10H,11-13H2,(H,20,23)(H,21,24). The molecule has 0 spiro atoms. The third kappa shape index (κ3) is 3.39. The van der Waals surface area contributed by atoms with Crippen molar-refractivity contribution in [2.24, 2.45) is 0 Å². The lowest BCUT2D eigenvalue weighted by Crippen LogP contribution is -2.30. The molecule has 0 fully saturated rings. The summed E-state index contributed by atoms with van der Waals surface area (Å²) in [4.78, 5) is 25.9. The van der Waals surface area contributed by atoms with Crippen LogP contribution >= 0.6 is 0 Å². The van der Waals surface area contributed by atoms with Crippen molar-refractivity contribution in [2.75, 3.05) is 11.9 Å². The van der Waals surface area contributed by atoms with Crippen LogP contribution in [0.15, 0.2) is 48.5 Å². The molecule has 0 bridgehead atoms. The number of fused-ring (bicyclic) bond motifs is 1. The number of terminal acetylenes is 1. The molecule has 0 saturated heterocycles. The fourth-order valence-electron chi connectivity index (χ4n) is 2.62. The van der Waals surface area contributed by atoms with Crippen LogP contribution in [0.3, 0.4) is 0 Å². The molecule has 0 saturated carbocycles. The van der Waals surface area contributed by atoms with Crippen molar-refractivity contribution < 1.29 is 9.59 Å². The second-order valence-corrected chi connectivity index (χ2v) is 5.52. The molecule has 1 heterocycles. The van der Waals surface area contributed by atoms with E-state index in [4.69, 9.17) is 6.42 Å². The van der Waals surface area contributed by atoms with Gasteiger partial charge >= 0.3 is 6.03 Å². The molecule has 1 aliphatic heterocycles. The molecule has 0 aromatic heterocycles. The monoisotopic (exact) mass is 319 g/mol. The maximum Gasteiger partial charge on any atom is 0.322 e. The number of anilines is 1. The maximum atomic E-state index is 12.4. The quantitative estimate of drug-likeness (QED) is 0.854. The van der Waals surface area contributed by atoms with Crippen LogP contribution in [0.1, 0.15) is 21.5 Å². The summed E-state index contributed by atoms with van der Waals surface area (Å²) in [7, 11) is 0. The number of nitrogens with one attached hydrogen (secondary N) is 2. The summed E-state index contributed by atoms with van der Waals surface area (Å²) >= 11 is 0. The Morgan fingerprint density at radius 3 is 2.25 bits per heavy atom. The van der Waals surface area contributed by atoms with E-state index in [9.17, 15) is 9.59 Å². The second-order valence-electron chi connectivity index (χ2n) is 5.52. The molecular weight excluding hydrogens is 302 g/mol. The summed E-state index contributed by atoms with van der Waals surface area (Å²) in [6, 6.07) is 14.6. The average molecular weight is 319 g/mol. The van der Waals surface area contributed by atoms with Crippen LogP contribution in [-0.4, -0.2) is 23.4 Å². The highest BCUT2D eigenvalue weighted by Crippen LogP contribution is 2.23. The molecule has 0 radical (unpaired) electrons. The minimum Gasteiger partial charge on any atom is -0.341 e. The molecule has 2 N–H and O–H groups in total.